The fourth-order valence-electron chi connectivity index (χ4n) is 1.66. The number of rotatable bonds is 5. The molecule has 0 fully saturated rings. The lowest BCUT2D eigenvalue weighted by Gasteiger charge is -2.10. The van der Waals surface area contributed by atoms with Crippen molar-refractivity contribution in [3.05, 3.63) is 52.1 Å². The molecule has 0 aliphatic rings. The smallest absolute Gasteiger partial charge is 0.319 e. The zero-order valence-electron chi connectivity index (χ0n) is 10.3. The second kappa shape index (κ2) is 5.77. The van der Waals surface area contributed by atoms with Gasteiger partial charge in [0.15, 0.2) is 11.6 Å². The van der Waals surface area contributed by atoms with Crippen molar-refractivity contribution in [2.45, 2.75) is 13.1 Å². The average Bonchev–Trinajstić information content (AvgIpc) is 2.86. The van der Waals surface area contributed by atoms with Crippen molar-refractivity contribution < 1.29 is 22.5 Å². The van der Waals surface area contributed by atoms with Crippen molar-refractivity contribution >= 4 is 11.4 Å². The van der Waals surface area contributed by atoms with E-state index in [0.29, 0.717) is 16.7 Å². The van der Waals surface area contributed by atoms with Crippen molar-refractivity contribution in [1.82, 2.24) is 9.55 Å². The number of anilines is 1. The molecule has 0 radical (unpaired) electrons. The third kappa shape index (κ3) is 3.09. The Morgan fingerprint density at radius 3 is 2.48 bits per heavy atom. The quantitative estimate of drug-likeness (QED) is 0.523. The summed E-state index contributed by atoms with van der Waals surface area (Å²) in [6, 6.07) is 1.07. The maximum atomic E-state index is 13.6. The van der Waals surface area contributed by atoms with E-state index in [-0.39, 0.29) is 12.4 Å². The Morgan fingerprint density at radius 2 is 1.95 bits per heavy atom. The number of hydrogen-bond donors (Lipinski definition) is 1. The number of hydrogen-bond acceptors (Lipinski definition) is 4. The number of nitro benzene ring substituents is 1. The van der Waals surface area contributed by atoms with Gasteiger partial charge in [-0.25, -0.2) is 13.8 Å². The summed E-state index contributed by atoms with van der Waals surface area (Å²) >= 11 is 0. The molecule has 0 spiro atoms. The number of benzene rings is 1. The first kappa shape index (κ1) is 14.8. The highest BCUT2D eigenvalue weighted by molar-refractivity contribution is 5.51. The molecule has 0 unspecified atom stereocenters. The van der Waals surface area contributed by atoms with Gasteiger partial charge in [-0.2, -0.15) is 8.78 Å². The maximum Gasteiger partial charge on any atom is 0.319 e. The maximum absolute atomic E-state index is 13.6. The van der Waals surface area contributed by atoms with Crippen molar-refractivity contribution in [2.24, 2.45) is 0 Å². The summed E-state index contributed by atoms with van der Waals surface area (Å²) in [7, 11) is 0. The monoisotopic (exact) mass is 304 g/mol. The molecule has 112 valence electrons. The van der Waals surface area contributed by atoms with Crippen LogP contribution in [-0.4, -0.2) is 14.5 Å². The minimum absolute atomic E-state index is 0.137. The molecule has 0 aliphatic heterocycles. The van der Waals surface area contributed by atoms with E-state index in [1.165, 1.54) is 0 Å². The van der Waals surface area contributed by atoms with Gasteiger partial charge in [0.1, 0.15) is 11.5 Å². The van der Waals surface area contributed by atoms with Crippen LogP contribution in [0.25, 0.3) is 0 Å². The lowest BCUT2D eigenvalue weighted by atomic mass is 10.2. The number of aromatic nitrogens is 2. The number of nitrogens with one attached hydrogen (secondary N) is 1. The molecular weight excluding hydrogens is 296 g/mol. The topological polar surface area (TPSA) is 73.0 Å². The van der Waals surface area contributed by atoms with Crippen LogP contribution in [0.4, 0.5) is 28.9 Å². The number of nitro groups is 1. The highest BCUT2D eigenvalue weighted by atomic mass is 19.3. The van der Waals surface area contributed by atoms with Crippen LogP contribution in [0, 0.1) is 21.7 Å². The Hall–Kier alpha value is -2.65. The molecule has 0 saturated heterocycles. The van der Waals surface area contributed by atoms with Gasteiger partial charge < -0.3 is 5.32 Å². The molecule has 0 saturated carbocycles. The first-order chi connectivity index (χ1) is 9.90. The molecule has 0 amide bonds. The third-order valence-corrected chi connectivity index (χ3v) is 2.62. The van der Waals surface area contributed by atoms with E-state index in [4.69, 9.17) is 0 Å². The highest BCUT2D eigenvalue weighted by Gasteiger charge is 2.18. The summed E-state index contributed by atoms with van der Waals surface area (Å²) in [5.74, 6) is -2.53. The van der Waals surface area contributed by atoms with Crippen molar-refractivity contribution in [3.63, 3.8) is 0 Å². The van der Waals surface area contributed by atoms with Gasteiger partial charge in [0, 0.05) is 12.4 Å². The van der Waals surface area contributed by atoms with E-state index in [2.05, 4.69) is 10.3 Å². The molecule has 1 aromatic heterocycles. The van der Waals surface area contributed by atoms with Gasteiger partial charge in [-0.05, 0) is 0 Å². The second-order valence-electron chi connectivity index (χ2n) is 3.92. The van der Waals surface area contributed by atoms with Gasteiger partial charge in [0.2, 0.25) is 0 Å². The summed E-state index contributed by atoms with van der Waals surface area (Å²) in [6.45, 7) is -3.21. The Kier molecular flexibility index (Phi) is 4.05. The van der Waals surface area contributed by atoms with Gasteiger partial charge >= 0.3 is 6.55 Å². The second-order valence-corrected chi connectivity index (χ2v) is 3.92. The minimum atomic E-state index is -2.84. The molecule has 0 atom stereocenters. The van der Waals surface area contributed by atoms with Crippen molar-refractivity contribution in [2.75, 3.05) is 5.32 Å². The zero-order chi connectivity index (χ0) is 15.6. The molecule has 0 bridgehead atoms. The lowest BCUT2D eigenvalue weighted by Crippen LogP contribution is -2.11. The molecule has 1 N–H and O–H groups in total. The molecule has 2 aromatic rings. The number of nitrogens with zero attached hydrogens (tertiary/aromatic N) is 3. The Labute approximate surface area is 115 Å². The fourth-order valence-corrected chi connectivity index (χ4v) is 1.66. The molecule has 0 aliphatic carbocycles. The van der Waals surface area contributed by atoms with E-state index >= 15 is 0 Å². The fraction of sp³-hybridized carbons (Fsp3) is 0.182. The van der Waals surface area contributed by atoms with Gasteiger partial charge in [0.25, 0.3) is 5.69 Å². The van der Waals surface area contributed by atoms with Crippen molar-refractivity contribution in [1.29, 1.82) is 0 Å². The van der Waals surface area contributed by atoms with Gasteiger partial charge in [0.05, 0.1) is 23.6 Å². The van der Waals surface area contributed by atoms with Crippen molar-refractivity contribution in [3.8, 4) is 0 Å². The SMILES string of the molecule is O=[N+]([O-])c1cc(F)c(NCc2nccn2C(F)F)c(F)c1. The number of non-ortho nitro benzene ring substituents is 1. The van der Waals surface area contributed by atoms with Gasteiger partial charge in [-0.3, -0.25) is 14.7 Å². The van der Waals surface area contributed by atoms with E-state index in [9.17, 15) is 27.7 Å². The molecule has 2 rings (SSSR count). The highest BCUT2D eigenvalue weighted by Crippen LogP contribution is 2.25. The van der Waals surface area contributed by atoms with Crippen LogP contribution in [0.5, 0.6) is 0 Å². The van der Waals surface area contributed by atoms with Crippen LogP contribution < -0.4 is 5.32 Å². The molecule has 10 heteroatoms. The Bertz CT molecular complexity index is 651. The normalized spacial score (nSPS) is 10.9. The molecule has 1 heterocycles. The Morgan fingerprint density at radius 1 is 1.33 bits per heavy atom. The Balaban J connectivity index is 2.20. The number of alkyl halides is 2. The average molecular weight is 304 g/mol. The van der Waals surface area contributed by atoms with Crippen LogP contribution in [0.3, 0.4) is 0 Å². The zero-order valence-corrected chi connectivity index (χ0v) is 10.3. The number of halogens is 4. The summed E-state index contributed by atoms with van der Waals surface area (Å²) in [5, 5.41) is 12.7. The predicted molar refractivity (Wildman–Crippen MR) is 63.8 cm³/mol. The summed E-state index contributed by atoms with van der Waals surface area (Å²) < 4.78 is 52.8. The molecule has 1 aromatic carbocycles. The standard InChI is InChI=1S/C11H8F4N4O2/c12-7-3-6(19(20)21)4-8(13)10(7)17-5-9-16-1-2-18(9)11(14)15/h1-4,11,17H,5H2. The van der Waals surface area contributed by atoms with E-state index in [1.54, 1.807) is 0 Å². The van der Waals surface area contributed by atoms with Gasteiger partial charge in [-0.15, -0.1) is 0 Å². The summed E-state index contributed by atoms with van der Waals surface area (Å²) in [6.07, 6.45) is 2.13. The first-order valence-electron chi connectivity index (χ1n) is 5.57. The minimum Gasteiger partial charge on any atom is -0.373 e. The summed E-state index contributed by atoms with van der Waals surface area (Å²) in [4.78, 5) is 13.1. The first-order valence-corrected chi connectivity index (χ1v) is 5.57. The van der Waals surface area contributed by atoms with Crippen LogP contribution in [-0.2, 0) is 6.54 Å². The van der Waals surface area contributed by atoms with Crippen LogP contribution in [0.1, 0.15) is 12.4 Å². The molecular formula is C11H8F4N4O2. The van der Waals surface area contributed by atoms with E-state index < -0.39 is 34.5 Å². The van der Waals surface area contributed by atoms with E-state index in [0.717, 1.165) is 12.4 Å². The number of imidazole rings is 1. The predicted octanol–water partition coefficient (Wildman–Crippen LogP) is 3.08. The molecule has 6 nitrogen and oxygen atoms in total. The van der Waals surface area contributed by atoms with Crippen LogP contribution in [0.15, 0.2) is 24.5 Å². The summed E-state index contributed by atoms with van der Waals surface area (Å²) in [5.41, 5.74) is -1.39. The van der Waals surface area contributed by atoms with Crippen LogP contribution in [0.2, 0.25) is 0 Å². The molecule has 21 heavy (non-hydrogen) atoms. The van der Waals surface area contributed by atoms with Gasteiger partial charge in [-0.1, -0.05) is 0 Å². The van der Waals surface area contributed by atoms with E-state index in [1.807, 2.05) is 0 Å². The van der Waals surface area contributed by atoms with Crippen LogP contribution >= 0.6 is 0 Å². The third-order valence-electron chi connectivity index (χ3n) is 2.62. The largest absolute Gasteiger partial charge is 0.373 e. The lowest BCUT2D eigenvalue weighted by molar-refractivity contribution is -0.385.